The van der Waals surface area contributed by atoms with E-state index in [-0.39, 0.29) is 5.48 Å². The van der Waals surface area contributed by atoms with Gasteiger partial charge in [-0.15, -0.1) is 11.6 Å². The van der Waals surface area contributed by atoms with E-state index in [9.17, 15) is 4.79 Å². The fourth-order valence-corrected chi connectivity index (χ4v) is 0. The number of rotatable bonds is 1. The van der Waals surface area contributed by atoms with Gasteiger partial charge in [-0.25, -0.2) is 0 Å². The molecule has 0 rings (SSSR count). The highest BCUT2D eigenvalue weighted by molar-refractivity contribution is 6.30. The zero-order valence-corrected chi connectivity index (χ0v) is 4.70. The minimum absolute atomic E-state index is 0. The van der Waals surface area contributed by atoms with Crippen molar-refractivity contribution in [2.75, 3.05) is 0 Å². The van der Waals surface area contributed by atoms with Crippen LogP contribution in [-0.4, -0.2) is 16.8 Å². The van der Waals surface area contributed by atoms with E-state index in [1.165, 1.54) is 6.92 Å². The van der Waals surface area contributed by atoms with Crippen molar-refractivity contribution in [2.24, 2.45) is 5.73 Å². The van der Waals surface area contributed by atoms with Gasteiger partial charge in [0.2, 0.25) is 5.91 Å². The molecule has 3 nitrogen and oxygen atoms in total. The first kappa shape index (κ1) is 9.87. The average Bonchev–Trinajstić information content (AvgIpc) is 1.36. The lowest BCUT2D eigenvalue weighted by atomic mass is 10.5. The van der Waals surface area contributed by atoms with Crippen molar-refractivity contribution >= 4 is 17.5 Å². The van der Waals surface area contributed by atoms with Gasteiger partial charge in [0.1, 0.15) is 5.38 Å². The molecule has 4 heteroatoms. The minimum atomic E-state index is -0.537. The third-order valence-corrected chi connectivity index (χ3v) is 0.607. The number of nitrogens with two attached hydrogens (primary N) is 1. The Labute approximate surface area is 46.8 Å². The molecule has 0 bridgehead atoms. The van der Waals surface area contributed by atoms with E-state index in [2.05, 4.69) is 5.73 Å². The van der Waals surface area contributed by atoms with Crippen molar-refractivity contribution < 1.29 is 10.3 Å². The standard InChI is InChI=1S/C3H6ClNO.H2O/c1-2(4)3(5)6;/h2H,1H3,(H2,5,6);1H2. The molecule has 1 unspecified atom stereocenters. The van der Waals surface area contributed by atoms with E-state index < -0.39 is 11.3 Å². The molecule has 1 amide bonds. The van der Waals surface area contributed by atoms with Gasteiger partial charge in [-0.2, -0.15) is 0 Å². The number of hydrogen-bond donors (Lipinski definition) is 1. The maximum absolute atomic E-state index is 9.79. The van der Waals surface area contributed by atoms with Crippen molar-refractivity contribution in [3.8, 4) is 0 Å². The normalized spacial score (nSPS) is 11.7. The Bertz CT molecular complexity index is 64.0. The van der Waals surface area contributed by atoms with E-state index >= 15 is 0 Å². The second kappa shape index (κ2) is 3.89. The van der Waals surface area contributed by atoms with Gasteiger partial charge in [-0.05, 0) is 6.92 Å². The quantitative estimate of drug-likeness (QED) is 0.461. The molecular weight excluding hydrogens is 117 g/mol. The van der Waals surface area contributed by atoms with Crippen LogP contribution in [0.3, 0.4) is 0 Å². The molecule has 1 atom stereocenters. The van der Waals surface area contributed by atoms with Crippen molar-refractivity contribution in [3.63, 3.8) is 0 Å². The van der Waals surface area contributed by atoms with Gasteiger partial charge in [0, 0.05) is 0 Å². The lowest BCUT2D eigenvalue weighted by molar-refractivity contribution is -0.117. The second-order valence-corrected chi connectivity index (χ2v) is 1.67. The van der Waals surface area contributed by atoms with Gasteiger partial charge in [0.25, 0.3) is 0 Å². The average molecular weight is 126 g/mol. The molecular formula is C3H8ClNO2. The van der Waals surface area contributed by atoms with Gasteiger partial charge in [-0.3, -0.25) is 4.79 Å². The highest BCUT2D eigenvalue weighted by atomic mass is 35.5. The molecule has 0 aliphatic heterocycles. The summed E-state index contributed by atoms with van der Waals surface area (Å²) in [6.07, 6.45) is 0. The van der Waals surface area contributed by atoms with Crippen molar-refractivity contribution in [1.82, 2.24) is 0 Å². The lowest BCUT2D eigenvalue weighted by Gasteiger charge is -1.88. The molecule has 0 saturated heterocycles. The topological polar surface area (TPSA) is 74.6 Å². The summed E-state index contributed by atoms with van der Waals surface area (Å²) < 4.78 is 0. The van der Waals surface area contributed by atoms with E-state index in [1.54, 1.807) is 0 Å². The molecule has 4 N–H and O–H groups in total. The molecule has 0 aromatic carbocycles. The molecule has 0 radical (unpaired) electrons. The number of halogens is 1. The number of carbonyl (C=O) groups is 1. The fraction of sp³-hybridized carbons (Fsp3) is 0.667. The smallest absolute Gasteiger partial charge is 0.235 e. The van der Waals surface area contributed by atoms with Crippen LogP contribution in [0, 0.1) is 0 Å². The van der Waals surface area contributed by atoms with Gasteiger partial charge in [-0.1, -0.05) is 0 Å². The molecule has 0 aromatic heterocycles. The van der Waals surface area contributed by atoms with Gasteiger partial charge >= 0.3 is 0 Å². The summed E-state index contributed by atoms with van der Waals surface area (Å²) in [7, 11) is 0. The van der Waals surface area contributed by atoms with E-state index in [0.717, 1.165) is 0 Å². The first-order chi connectivity index (χ1) is 2.64. The van der Waals surface area contributed by atoms with Crippen molar-refractivity contribution in [2.45, 2.75) is 12.3 Å². The van der Waals surface area contributed by atoms with Gasteiger partial charge in [0.15, 0.2) is 0 Å². The molecule has 0 spiro atoms. The number of primary amides is 1. The summed E-state index contributed by atoms with van der Waals surface area (Å²) in [6.45, 7) is 1.53. The summed E-state index contributed by atoms with van der Waals surface area (Å²) in [5.41, 5.74) is 4.66. The predicted molar refractivity (Wildman–Crippen MR) is 28.1 cm³/mol. The monoisotopic (exact) mass is 125 g/mol. The van der Waals surface area contributed by atoms with E-state index in [1.807, 2.05) is 0 Å². The van der Waals surface area contributed by atoms with Crippen LogP contribution in [0.5, 0.6) is 0 Å². The zero-order valence-electron chi connectivity index (χ0n) is 3.94. The summed E-state index contributed by atoms with van der Waals surface area (Å²) in [5.74, 6) is -0.475. The summed E-state index contributed by atoms with van der Waals surface area (Å²) in [4.78, 5) is 9.79. The fourth-order valence-electron chi connectivity index (χ4n) is 0. The predicted octanol–water partition coefficient (Wildman–Crippen LogP) is -0.726. The van der Waals surface area contributed by atoms with E-state index in [0.29, 0.717) is 0 Å². The molecule has 44 valence electrons. The molecule has 0 heterocycles. The third-order valence-electron chi connectivity index (χ3n) is 0.392. The number of amides is 1. The van der Waals surface area contributed by atoms with Crippen LogP contribution in [0.4, 0.5) is 0 Å². The SMILES string of the molecule is CC(Cl)C(N)=O.O. The number of hydrogen-bond acceptors (Lipinski definition) is 1. The van der Waals surface area contributed by atoms with Crippen LogP contribution in [0.25, 0.3) is 0 Å². The summed E-state index contributed by atoms with van der Waals surface area (Å²) in [5, 5.41) is -0.537. The largest absolute Gasteiger partial charge is 0.412 e. The van der Waals surface area contributed by atoms with Crippen LogP contribution in [0.15, 0.2) is 0 Å². The van der Waals surface area contributed by atoms with Crippen LogP contribution in [0.1, 0.15) is 6.92 Å². The minimum Gasteiger partial charge on any atom is -0.412 e. The second-order valence-electron chi connectivity index (χ2n) is 1.02. The van der Waals surface area contributed by atoms with E-state index in [4.69, 9.17) is 11.6 Å². The molecule has 7 heavy (non-hydrogen) atoms. The van der Waals surface area contributed by atoms with Crippen LogP contribution in [-0.2, 0) is 4.79 Å². The maximum Gasteiger partial charge on any atom is 0.235 e. The number of alkyl halides is 1. The van der Waals surface area contributed by atoms with Crippen molar-refractivity contribution in [1.29, 1.82) is 0 Å². The molecule has 0 aliphatic carbocycles. The Morgan fingerprint density at radius 2 is 2.00 bits per heavy atom. The lowest BCUT2D eigenvalue weighted by Crippen LogP contribution is -2.19. The Balaban J connectivity index is 0. The molecule has 0 aliphatic rings. The van der Waals surface area contributed by atoms with Gasteiger partial charge < -0.3 is 11.2 Å². The first-order valence-corrected chi connectivity index (χ1v) is 2.01. The van der Waals surface area contributed by atoms with Crippen LogP contribution in [0.2, 0.25) is 0 Å². The Morgan fingerprint density at radius 3 is 2.00 bits per heavy atom. The Morgan fingerprint density at radius 1 is 1.86 bits per heavy atom. The van der Waals surface area contributed by atoms with Gasteiger partial charge in [0.05, 0.1) is 0 Å². The Hall–Kier alpha value is -0.280. The molecule has 0 fully saturated rings. The van der Waals surface area contributed by atoms with Crippen LogP contribution < -0.4 is 5.73 Å². The number of carbonyl (C=O) groups excluding carboxylic acids is 1. The molecule has 0 saturated carbocycles. The van der Waals surface area contributed by atoms with Crippen LogP contribution >= 0.6 is 11.6 Å². The summed E-state index contributed by atoms with van der Waals surface area (Å²) in [6, 6.07) is 0. The maximum atomic E-state index is 9.79. The summed E-state index contributed by atoms with van der Waals surface area (Å²) >= 11 is 5.14. The third kappa shape index (κ3) is 5.72. The molecule has 0 aromatic rings. The zero-order chi connectivity index (χ0) is 5.15. The van der Waals surface area contributed by atoms with Crippen molar-refractivity contribution in [3.05, 3.63) is 0 Å². The highest BCUT2D eigenvalue weighted by Gasteiger charge is 1.99. The highest BCUT2D eigenvalue weighted by Crippen LogP contribution is 1.87. The Kier molecular flexibility index (Phi) is 5.49. The first-order valence-electron chi connectivity index (χ1n) is 1.58.